The monoisotopic (exact) mass is 329 g/mol. The second kappa shape index (κ2) is 6.57. The van der Waals surface area contributed by atoms with E-state index in [1.54, 1.807) is 0 Å². The highest BCUT2D eigenvalue weighted by molar-refractivity contribution is 7.18. The van der Waals surface area contributed by atoms with Crippen LogP contribution in [0.25, 0.3) is 10.2 Å². The molecule has 0 aliphatic carbocycles. The Bertz CT molecular complexity index is 651. The first-order valence-corrected chi connectivity index (χ1v) is 9.47. The first kappa shape index (κ1) is 15.1. The van der Waals surface area contributed by atoms with Crippen LogP contribution < -0.4 is 0 Å². The molecule has 2 fully saturated rings. The Morgan fingerprint density at radius 2 is 1.87 bits per heavy atom. The van der Waals surface area contributed by atoms with Gasteiger partial charge in [-0.15, -0.1) is 11.3 Å². The van der Waals surface area contributed by atoms with Crippen LogP contribution in [0.5, 0.6) is 0 Å². The van der Waals surface area contributed by atoms with Crippen molar-refractivity contribution in [2.75, 3.05) is 32.7 Å². The number of fused-ring (bicyclic) bond motifs is 1. The SMILES string of the molecule is O=C(CN1CCC(c2nc3ccccc3s2)CC1)N1CCCC1. The van der Waals surface area contributed by atoms with Gasteiger partial charge in [0, 0.05) is 19.0 Å². The summed E-state index contributed by atoms with van der Waals surface area (Å²) in [6, 6.07) is 8.38. The van der Waals surface area contributed by atoms with Gasteiger partial charge in [0.05, 0.1) is 21.8 Å². The molecule has 0 atom stereocenters. The first-order chi connectivity index (χ1) is 11.3. The molecule has 0 bridgehead atoms. The molecule has 3 heterocycles. The molecule has 2 aliphatic heterocycles. The lowest BCUT2D eigenvalue weighted by Gasteiger charge is -2.31. The minimum absolute atomic E-state index is 0.320. The number of thiazole rings is 1. The number of carbonyl (C=O) groups excluding carboxylic acids is 1. The molecule has 0 saturated carbocycles. The fourth-order valence-electron chi connectivity index (χ4n) is 3.66. The zero-order valence-corrected chi connectivity index (χ0v) is 14.2. The Morgan fingerprint density at radius 1 is 1.13 bits per heavy atom. The lowest BCUT2D eigenvalue weighted by Crippen LogP contribution is -2.42. The molecule has 1 aromatic heterocycles. The third-order valence-electron chi connectivity index (χ3n) is 5.06. The van der Waals surface area contributed by atoms with Crippen molar-refractivity contribution in [3.05, 3.63) is 29.3 Å². The topological polar surface area (TPSA) is 36.4 Å². The van der Waals surface area contributed by atoms with Crippen LogP contribution in [0.15, 0.2) is 24.3 Å². The fourth-order valence-corrected chi connectivity index (χ4v) is 4.80. The number of para-hydroxylation sites is 1. The van der Waals surface area contributed by atoms with Gasteiger partial charge in [0.1, 0.15) is 0 Å². The summed E-state index contributed by atoms with van der Waals surface area (Å²) in [6.45, 7) is 4.55. The van der Waals surface area contributed by atoms with E-state index in [-0.39, 0.29) is 0 Å². The van der Waals surface area contributed by atoms with E-state index in [1.165, 1.54) is 22.5 Å². The maximum absolute atomic E-state index is 12.3. The summed E-state index contributed by atoms with van der Waals surface area (Å²) >= 11 is 1.83. The van der Waals surface area contributed by atoms with Crippen molar-refractivity contribution in [2.24, 2.45) is 0 Å². The van der Waals surface area contributed by atoms with Crippen LogP contribution in [0.1, 0.15) is 36.6 Å². The maximum Gasteiger partial charge on any atom is 0.236 e. The third kappa shape index (κ3) is 3.26. The predicted octanol–water partition coefficient (Wildman–Crippen LogP) is 3.10. The highest BCUT2D eigenvalue weighted by atomic mass is 32.1. The maximum atomic E-state index is 12.3. The Hall–Kier alpha value is -1.46. The van der Waals surface area contributed by atoms with Crippen molar-refractivity contribution in [1.29, 1.82) is 0 Å². The van der Waals surface area contributed by atoms with E-state index < -0.39 is 0 Å². The van der Waals surface area contributed by atoms with Gasteiger partial charge in [-0.25, -0.2) is 4.98 Å². The van der Waals surface area contributed by atoms with Crippen molar-refractivity contribution in [3.8, 4) is 0 Å². The molecule has 2 aliphatic rings. The van der Waals surface area contributed by atoms with Gasteiger partial charge in [-0.3, -0.25) is 9.69 Å². The molecule has 2 aromatic rings. The number of rotatable bonds is 3. The molecular weight excluding hydrogens is 306 g/mol. The van der Waals surface area contributed by atoms with Crippen LogP contribution in [-0.2, 0) is 4.79 Å². The van der Waals surface area contributed by atoms with Gasteiger partial charge in [0.25, 0.3) is 0 Å². The fraction of sp³-hybridized carbons (Fsp3) is 0.556. The number of likely N-dealkylation sites (tertiary alicyclic amines) is 2. The molecule has 0 radical (unpaired) electrons. The molecule has 0 N–H and O–H groups in total. The van der Waals surface area contributed by atoms with E-state index in [1.807, 2.05) is 16.2 Å². The van der Waals surface area contributed by atoms with Crippen LogP contribution in [0.3, 0.4) is 0 Å². The number of nitrogens with zero attached hydrogens (tertiary/aromatic N) is 3. The van der Waals surface area contributed by atoms with Crippen LogP contribution in [-0.4, -0.2) is 53.4 Å². The molecule has 4 nitrogen and oxygen atoms in total. The third-order valence-corrected chi connectivity index (χ3v) is 6.26. The molecule has 1 amide bonds. The van der Waals surface area contributed by atoms with E-state index in [4.69, 9.17) is 4.98 Å². The molecule has 23 heavy (non-hydrogen) atoms. The van der Waals surface area contributed by atoms with Gasteiger partial charge in [0.2, 0.25) is 5.91 Å². The van der Waals surface area contributed by atoms with Crippen LogP contribution in [0.2, 0.25) is 0 Å². The number of hydrogen-bond donors (Lipinski definition) is 0. The largest absolute Gasteiger partial charge is 0.342 e. The summed E-state index contributed by atoms with van der Waals surface area (Å²) in [6.07, 6.45) is 4.58. The quantitative estimate of drug-likeness (QED) is 0.868. The Labute approximate surface area is 141 Å². The zero-order chi connectivity index (χ0) is 15.6. The van der Waals surface area contributed by atoms with Gasteiger partial charge in [-0.1, -0.05) is 12.1 Å². The molecule has 0 spiro atoms. The number of piperidine rings is 1. The predicted molar refractivity (Wildman–Crippen MR) is 93.8 cm³/mol. The number of benzene rings is 1. The summed E-state index contributed by atoms with van der Waals surface area (Å²) in [5, 5.41) is 1.27. The van der Waals surface area contributed by atoms with Gasteiger partial charge in [-0.2, -0.15) is 0 Å². The molecule has 2 saturated heterocycles. The van der Waals surface area contributed by atoms with Crippen LogP contribution >= 0.6 is 11.3 Å². The first-order valence-electron chi connectivity index (χ1n) is 8.65. The summed E-state index contributed by atoms with van der Waals surface area (Å²) in [5.41, 5.74) is 1.12. The van der Waals surface area contributed by atoms with Crippen LogP contribution in [0.4, 0.5) is 0 Å². The normalized spacial score (nSPS) is 20.4. The molecule has 4 rings (SSSR count). The second-order valence-electron chi connectivity index (χ2n) is 6.66. The molecule has 5 heteroatoms. The van der Waals surface area contributed by atoms with Crippen molar-refractivity contribution in [2.45, 2.75) is 31.6 Å². The Kier molecular flexibility index (Phi) is 4.31. The lowest BCUT2D eigenvalue weighted by molar-refractivity contribution is -0.131. The smallest absolute Gasteiger partial charge is 0.236 e. The summed E-state index contributed by atoms with van der Waals surface area (Å²) in [7, 11) is 0. The number of amides is 1. The van der Waals surface area contributed by atoms with Crippen molar-refractivity contribution >= 4 is 27.5 Å². The highest BCUT2D eigenvalue weighted by Gasteiger charge is 2.26. The average Bonchev–Trinajstić information content (AvgIpc) is 3.25. The minimum Gasteiger partial charge on any atom is -0.342 e. The van der Waals surface area contributed by atoms with E-state index in [9.17, 15) is 4.79 Å². The zero-order valence-electron chi connectivity index (χ0n) is 13.4. The number of aromatic nitrogens is 1. The second-order valence-corrected chi connectivity index (χ2v) is 7.72. The minimum atomic E-state index is 0.320. The molecule has 1 aromatic carbocycles. The van der Waals surface area contributed by atoms with E-state index in [2.05, 4.69) is 29.2 Å². The van der Waals surface area contributed by atoms with E-state index in [0.29, 0.717) is 18.4 Å². The molecular formula is C18H23N3OS. The summed E-state index contributed by atoms with van der Waals surface area (Å²) in [5.74, 6) is 0.881. The summed E-state index contributed by atoms with van der Waals surface area (Å²) in [4.78, 5) is 21.4. The van der Waals surface area contributed by atoms with Crippen molar-refractivity contribution in [3.63, 3.8) is 0 Å². The summed E-state index contributed by atoms with van der Waals surface area (Å²) < 4.78 is 1.29. The van der Waals surface area contributed by atoms with Gasteiger partial charge in [0.15, 0.2) is 0 Å². The van der Waals surface area contributed by atoms with Gasteiger partial charge in [-0.05, 0) is 50.9 Å². The Morgan fingerprint density at radius 3 is 2.61 bits per heavy atom. The van der Waals surface area contributed by atoms with E-state index >= 15 is 0 Å². The highest BCUT2D eigenvalue weighted by Crippen LogP contribution is 2.33. The molecule has 122 valence electrons. The van der Waals surface area contributed by atoms with Crippen molar-refractivity contribution in [1.82, 2.24) is 14.8 Å². The lowest BCUT2D eigenvalue weighted by atomic mass is 9.97. The van der Waals surface area contributed by atoms with Gasteiger partial charge < -0.3 is 4.90 Å². The van der Waals surface area contributed by atoms with Crippen LogP contribution in [0, 0.1) is 0 Å². The standard InChI is InChI=1S/C18H23N3OS/c22-17(21-9-3-4-10-21)13-20-11-7-14(8-12-20)18-19-15-5-1-2-6-16(15)23-18/h1-2,5-6,14H,3-4,7-13H2. The Balaban J connectivity index is 1.34. The van der Waals surface area contributed by atoms with Crippen molar-refractivity contribution < 1.29 is 4.79 Å². The average molecular weight is 329 g/mol. The number of hydrogen-bond acceptors (Lipinski definition) is 4. The van der Waals surface area contributed by atoms with Gasteiger partial charge >= 0.3 is 0 Å². The number of carbonyl (C=O) groups is 1. The molecule has 0 unspecified atom stereocenters. The van der Waals surface area contributed by atoms with E-state index in [0.717, 1.165) is 44.5 Å².